The molecule has 2 heterocycles. The number of hydrogen-bond donors (Lipinski definition) is 1. The van der Waals surface area contributed by atoms with Crippen LogP contribution < -0.4 is 5.32 Å². The number of hydrogen-bond acceptors (Lipinski definition) is 6. The van der Waals surface area contributed by atoms with Crippen LogP contribution in [0, 0.1) is 17.1 Å². The van der Waals surface area contributed by atoms with Gasteiger partial charge in [-0.1, -0.05) is 30.6 Å². The van der Waals surface area contributed by atoms with E-state index in [2.05, 4.69) is 20.6 Å². The van der Waals surface area contributed by atoms with Gasteiger partial charge in [0.05, 0.1) is 17.3 Å². The van der Waals surface area contributed by atoms with Crippen molar-refractivity contribution in [1.82, 2.24) is 25.2 Å². The lowest BCUT2D eigenvalue weighted by Gasteiger charge is -2.12. The van der Waals surface area contributed by atoms with Gasteiger partial charge in [-0.15, -0.1) is 0 Å². The fourth-order valence-electron chi connectivity index (χ4n) is 2.62. The molecule has 0 aliphatic carbocycles. The van der Waals surface area contributed by atoms with Gasteiger partial charge in [0.1, 0.15) is 17.4 Å². The molecule has 29 heavy (non-hydrogen) atoms. The maximum Gasteiger partial charge on any atom is 0.315 e. The molecule has 0 spiro atoms. The van der Waals surface area contributed by atoms with Crippen LogP contribution >= 0.6 is 11.6 Å². The molecule has 0 radical (unpaired) electrons. The molecule has 0 fully saturated rings. The molecule has 1 N–H and O–H groups in total. The maximum absolute atomic E-state index is 14.0. The Morgan fingerprint density at radius 3 is 2.79 bits per heavy atom. The van der Waals surface area contributed by atoms with Gasteiger partial charge in [-0.05, 0) is 25.1 Å². The molecule has 1 aromatic carbocycles. The molecule has 0 bridgehead atoms. The second-order valence-electron chi connectivity index (χ2n) is 6.84. The zero-order valence-corrected chi connectivity index (χ0v) is 16.7. The largest absolute Gasteiger partial charge is 0.344 e. The van der Waals surface area contributed by atoms with E-state index < -0.39 is 11.7 Å². The summed E-state index contributed by atoms with van der Waals surface area (Å²) in [5.74, 6) is -0.742. The summed E-state index contributed by atoms with van der Waals surface area (Å²) in [6.07, 6.45) is 1.70. The number of halogens is 2. The number of nitriles is 1. The molecule has 3 aromatic rings. The number of nitrogens with zero attached hydrogens (tertiary/aromatic N) is 5. The van der Waals surface area contributed by atoms with Crippen molar-refractivity contribution < 1.29 is 13.7 Å². The first-order valence-corrected chi connectivity index (χ1v) is 9.23. The number of nitrogens with one attached hydrogen (secondary N) is 1. The molecule has 2 aromatic heterocycles. The van der Waals surface area contributed by atoms with E-state index in [-0.39, 0.29) is 28.4 Å². The molecule has 0 aliphatic rings. The fraction of sp³-hybridized carbons (Fsp3) is 0.316. The summed E-state index contributed by atoms with van der Waals surface area (Å²) in [7, 11) is 0. The molecule has 1 atom stereocenters. The Morgan fingerprint density at radius 2 is 2.17 bits per heavy atom. The maximum atomic E-state index is 14.0. The van der Waals surface area contributed by atoms with E-state index in [4.69, 9.17) is 21.4 Å². The summed E-state index contributed by atoms with van der Waals surface area (Å²) in [5, 5.41) is 19.8. The standard InChI is InChI=1S/C19H18ClFN6O2/c1-10(2)17-24-19(29-26-17)18(28)23-11(3)9-27-5-4-16(25-27)12-6-14(20)13(8-22)15(21)7-12/h4-7,10-11H,9H2,1-3H3,(H,23,28)/t11-/m0/s1. The summed E-state index contributed by atoms with van der Waals surface area (Å²) in [6.45, 7) is 5.97. The van der Waals surface area contributed by atoms with Gasteiger partial charge in [0.25, 0.3) is 0 Å². The molecule has 150 valence electrons. The van der Waals surface area contributed by atoms with Gasteiger partial charge in [-0.25, -0.2) is 4.39 Å². The SMILES string of the molecule is CC(C)c1noc(C(=O)N[C@@H](C)Cn2ccc(-c3cc(F)c(C#N)c(Cl)c3)n2)n1. The highest BCUT2D eigenvalue weighted by molar-refractivity contribution is 6.32. The van der Waals surface area contributed by atoms with Crippen molar-refractivity contribution in [3.63, 3.8) is 0 Å². The topological polar surface area (TPSA) is 110 Å². The molecule has 1 amide bonds. The molecule has 0 saturated carbocycles. The smallest absolute Gasteiger partial charge is 0.315 e. The van der Waals surface area contributed by atoms with Crippen LogP contribution in [0.5, 0.6) is 0 Å². The van der Waals surface area contributed by atoms with Crippen molar-refractivity contribution in [2.75, 3.05) is 0 Å². The highest BCUT2D eigenvalue weighted by atomic mass is 35.5. The number of benzene rings is 1. The first kappa shape index (κ1) is 20.5. The molecular weight excluding hydrogens is 399 g/mol. The zero-order valence-electron chi connectivity index (χ0n) is 16.0. The van der Waals surface area contributed by atoms with E-state index in [0.717, 1.165) is 0 Å². The third-order valence-corrected chi connectivity index (χ3v) is 4.38. The highest BCUT2D eigenvalue weighted by Gasteiger charge is 2.19. The summed E-state index contributed by atoms with van der Waals surface area (Å²) >= 11 is 5.95. The number of carbonyl (C=O) groups is 1. The quantitative estimate of drug-likeness (QED) is 0.658. The Hall–Kier alpha value is -3.25. The molecule has 8 nitrogen and oxygen atoms in total. The van der Waals surface area contributed by atoms with Crippen LogP contribution in [0.4, 0.5) is 4.39 Å². The molecule has 0 unspecified atom stereocenters. The van der Waals surface area contributed by atoms with Crippen LogP contribution in [0.2, 0.25) is 5.02 Å². The lowest BCUT2D eigenvalue weighted by molar-refractivity contribution is 0.0891. The van der Waals surface area contributed by atoms with E-state index in [9.17, 15) is 9.18 Å². The van der Waals surface area contributed by atoms with Crippen LogP contribution in [0.25, 0.3) is 11.3 Å². The van der Waals surface area contributed by atoms with Gasteiger partial charge < -0.3 is 9.84 Å². The summed E-state index contributed by atoms with van der Waals surface area (Å²) in [6, 6.07) is 5.83. The first-order chi connectivity index (χ1) is 13.8. The van der Waals surface area contributed by atoms with Crippen molar-refractivity contribution in [2.45, 2.75) is 39.3 Å². The highest BCUT2D eigenvalue weighted by Crippen LogP contribution is 2.26. The Kier molecular flexibility index (Phi) is 5.94. The second kappa shape index (κ2) is 8.41. The zero-order chi connectivity index (χ0) is 21.1. The molecule has 3 rings (SSSR count). The molecule has 10 heteroatoms. The van der Waals surface area contributed by atoms with E-state index in [1.807, 2.05) is 13.8 Å². The predicted molar refractivity (Wildman–Crippen MR) is 103 cm³/mol. The van der Waals surface area contributed by atoms with Gasteiger partial charge in [-0.3, -0.25) is 9.48 Å². The van der Waals surface area contributed by atoms with Crippen molar-refractivity contribution in [2.24, 2.45) is 0 Å². The van der Waals surface area contributed by atoms with E-state index in [1.165, 1.54) is 12.1 Å². The predicted octanol–water partition coefficient (Wildman–Crippen LogP) is 3.54. The lowest BCUT2D eigenvalue weighted by atomic mass is 10.1. The van der Waals surface area contributed by atoms with Crippen LogP contribution in [0.15, 0.2) is 28.9 Å². The van der Waals surface area contributed by atoms with E-state index in [1.54, 1.807) is 29.9 Å². The van der Waals surface area contributed by atoms with Crippen LogP contribution in [0.3, 0.4) is 0 Å². The third-order valence-electron chi connectivity index (χ3n) is 4.08. The second-order valence-corrected chi connectivity index (χ2v) is 7.24. The number of rotatable bonds is 6. The number of amides is 1. The average molecular weight is 417 g/mol. The van der Waals surface area contributed by atoms with Crippen LogP contribution in [-0.2, 0) is 6.54 Å². The van der Waals surface area contributed by atoms with Gasteiger partial charge in [0, 0.05) is 23.7 Å². The minimum Gasteiger partial charge on any atom is -0.344 e. The van der Waals surface area contributed by atoms with Crippen LogP contribution in [-0.4, -0.2) is 31.9 Å². The Labute approximate surface area is 171 Å². The van der Waals surface area contributed by atoms with Gasteiger partial charge in [-0.2, -0.15) is 15.3 Å². The molecule has 0 aliphatic heterocycles. The van der Waals surface area contributed by atoms with Gasteiger partial charge in [0.2, 0.25) is 0 Å². The van der Waals surface area contributed by atoms with Crippen molar-refractivity contribution in [3.05, 3.63) is 52.5 Å². The Balaban J connectivity index is 1.66. The third kappa shape index (κ3) is 4.60. The Morgan fingerprint density at radius 1 is 1.41 bits per heavy atom. The van der Waals surface area contributed by atoms with E-state index >= 15 is 0 Å². The summed E-state index contributed by atoms with van der Waals surface area (Å²) in [4.78, 5) is 16.3. The summed E-state index contributed by atoms with van der Waals surface area (Å²) < 4.78 is 20.5. The Bertz CT molecular complexity index is 1060. The summed E-state index contributed by atoms with van der Waals surface area (Å²) in [5.41, 5.74) is 0.745. The van der Waals surface area contributed by atoms with E-state index in [0.29, 0.717) is 23.6 Å². The van der Waals surface area contributed by atoms with Gasteiger partial charge in [0.15, 0.2) is 5.82 Å². The van der Waals surface area contributed by atoms with Crippen molar-refractivity contribution in [3.8, 4) is 17.3 Å². The van der Waals surface area contributed by atoms with Crippen molar-refractivity contribution >= 4 is 17.5 Å². The number of aromatic nitrogens is 4. The lowest BCUT2D eigenvalue weighted by Crippen LogP contribution is -2.36. The van der Waals surface area contributed by atoms with Crippen molar-refractivity contribution in [1.29, 1.82) is 5.26 Å². The van der Waals surface area contributed by atoms with Gasteiger partial charge >= 0.3 is 11.8 Å². The average Bonchev–Trinajstić information content (AvgIpc) is 3.31. The molecule has 0 saturated heterocycles. The monoisotopic (exact) mass is 416 g/mol. The first-order valence-electron chi connectivity index (χ1n) is 8.86. The van der Waals surface area contributed by atoms with Crippen LogP contribution in [0.1, 0.15) is 48.8 Å². The number of carbonyl (C=O) groups excluding carboxylic acids is 1. The minimum atomic E-state index is -0.703. The fourth-order valence-corrected chi connectivity index (χ4v) is 2.87. The minimum absolute atomic E-state index is 0.0259. The normalized spacial score (nSPS) is 12.0. The molecular formula is C19H18ClFN6O2.